The van der Waals surface area contributed by atoms with E-state index in [9.17, 15) is 13.2 Å². The van der Waals surface area contributed by atoms with Crippen LogP contribution in [0.15, 0.2) is 77.8 Å². The van der Waals surface area contributed by atoms with Crippen molar-refractivity contribution < 1.29 is 22.7 Å². The third-order valence-corrected chi connectivity index (χ3v) is 5.60. The topological polar surface area (TPSA) is 107 Å². The molecule has 8 nitrogen and oxygen atoms in total. The Hall–Kier alpha value is -3.43. The summed E-state index contributed by atoms with van der Waals surface area (Å²) in [5.74, 6) is 0.269. The number of anilines is 1. The Morgan fingerprint density at radius 3 is 2.45 bits per heavy atom. The summed E-state index contributed by atoms with van der Waals surface area (Å²) in [6.45, 7) is 1.02. The highest BCUT2D eigenvalue weighted by Crippen LogP contribution is 2.25. The first-order valence-electron chi connectivity index (χ1n) is 9.57. The van der Waals surface area contributed by atoms with Crippen molar-refractivity contribution >= 4 is 21.6 Å². The van der Waals surface area contributed by atoms with E-state index in [-0.39, 0.29) is 16.7 Å². The number of benzene rings is 2. The van der Waals surface area contributed by atoms with Gasteiger partial charge in [-0.25, -0.2) is 13.4 Å². The molecule has 0 fully saturated rings. The quantitative estimate of drug-likeness (QED) is 0.467. The summed E-state index contributed by atoms with van der Waals surface area (Å²) < 4.78 is 38.1. The third kappa shape index (κ3) is 6.27. The van der Waals surface area contributed by atoms with Gasteiger partial charge >= 0.3 is 0 Å². The molecule has 2 N–H and O–H groups in total. The van der Waals surface area contributed by atoms with E-state index >= 15 is 0 Å². The molecule has 0 aliphatic heterocycles. The molecule has 0 aliphatic rings. The minimum absolute atomic E-state index is 0.157. The highest BCUT2D eigenvalue weighted by atomic mass is 32.2. The van der Waals surface area contributed by atoms with Crippen LogP contribution < -0.4 is 14.8 Å². The van der Waals surface area contributed by atoms with E-state index in [0.29, 0.717) is 36.6 Å². The van der Waals surface area contributed by atoms with Crippen LogP contribution in [0, 0.1) is 0 Å². The van der Waals surface area contributed by atoms with E-state index in [4.69, 9.17) is 9.47 Å². The molecule has 9 heteroatoms. The van der Waals surface area contributed by atoms with Crippen molar-refractivity contribution in [3.8, 4) is 11.6 Å². The SMILES string of the molecule is COCCCNC(=O)c1cccnc1Oc1ccc(NS(=O)(=O)c2ccccc2)cc1. The lowest BCUT2D eigenvalue weighted by molar-refractivity contribution is 0.0945. The van der Waals surface area contributed by atoms with Gasteiger partial charge in [-0.2, -0.15) is 0 Å². The van der Waals surface area contributed by atoms with E-state index in [1.165, 1.54) is 18.3 Å². The normalized spacial score (nSPS) is 11.0. The van der Waals surface area contributed by atoms with Gasteiger partial charge in [0, 0.05) is 32.1 Å². The summed E-state index contributed by atoms with van der Waals surface area (Å²) in [7, 11) is -2.08. The molecule has 0 saturated heterocycles. The molecular formula is C22H23N3O5S. The molecule has 0 saturated carbocycles. The van der Waals surface area contributed by atoms with Crippen LogP contribution in [0.25, 0.3) is 0 Å². The van der Waals surface area contributed by atoms with Crippen molar-refractivity contribution in [2.75, 3.05) is 25.0 Å². The second-order valence-corrected chi connectivity index (χ2v) is 8.19. The van der Waals surface area contributed by atoms with Crippen LogP contribution in [0.5, 0.6) is 11.6 Å². The van der Waals surface area contributed by atoms with Gasteiger partial charge in [-0.3, -0.25) is 9.52 Å². The minimum atomic E-state index is -3.68. The Morgan fingerprint density at radius 2 is 1.74 bits per heavy atom. The Bertz CT molecular complexity index is 1100. The molecule has 162 valence electrons. The lowest BCUT2D eigenvalue weighted by Gasteiger charge is -2.11. The molecule has 0 bridgehead atoms. The smallest absolute Gasteiger partial charge is 0.261 e. The fraction of sp³-hybridized carbons (Fsp3) is 0.182. The number of amides is 1. The van der Waals surface area contributed by atoms with Crippen molar-refractivity contribution in [2.45, 2.75) is 11.3 Å². The maximum Gasteiger partial charge on any atom is 0.261 e. The molecule has 0 unspecified atom stereocenters. The number of nitrogens with one attached hydrogen (secondary N) is 2. The maximum atomic E-state index is 12.4. The molecule has 0 atom stereocenters. The van der Waals surface area contributed by atoms with Gasteiger partial charge in [0.05, 0.1) is 4.90 Å². The number of pyridine rings is 1. The van der Waals surface area contributed by atoms with Crippen LogP contribution in [-0.4, -0.2) is 39.6 Å². The first-order chi connectivity index (χ1) is 15.0. The van der Waals surface area contributed by atoms with Gasteiger partial charge in [-0.1, -0.05) is 18.2 Å². The van der Waals surface area contributed by atoms with E-state index < -0.39 is 10.0 Å². The van der Waals surface area contributed by atoms with E-state index in [1.807, 2.05) is 0 Å². The average molecular weight is 442 g/mol. The molecule has 0 spiro atoms. The Morgan fingerprint density at radius 1 is 1.00 bits per heavy atom. The molecule has 3 rings (SSSR count). The van der Waals surface area contributed by atoms with Gasteiger partial charge < -0.3 is 14.8 Å². The van der Waals surface area contributed by atoms with Crippen LogP contribution in [0.2, 0.25) is 0 Å². The maximum absolute atomic E-state index is 12.4. The van der Waals surface area contributed by atoms with Crippen LogP contribution in [0.3, 0.4) is 0 Å². The monoisotopic (exact) mass is 441 g/mol. The van der Waals surface area contributed by atoms with Crippen LogP contribution in [0.1, 0.15) is 16.8 Å². The molecule has 1 heterocycles. The van der Waals surface area contributed by atoms with Gasteiger partial charge in [0.2, 0.25) is 5.88 Å². The summed E-state index contributed by atoms with van der Waals surface area (Å²) in [5, 5.41) is 2.79. The standard InChI is InChI=1S/C22H23N3O5S/c1-29-16-6-15-23-21(26)20-9-5-14-24-22(20)30-18-12-10-17(11-13-18)25-31(27,28)19-7-3-2-4-8-19/h2-5,7-14,25H,6,15-16H2,1H3,(H,23,26). The Balaban J connectivity index is 1.67. The molecule has 31 heavy (non-hydrogen) atoms. The number of ether oxygens (including phenoxy) is 2. The zero-order chi connectivity index (χ0) is 22.1. The van der Waals surface area contributed by atoms with Crippen molar-refractivity contribution in [2.24, 2.45) is 0 Å². The predicted molar refractivity (Wildman–Crippen MR) is 117 cm³/mol. The Kier molecular flexibility index (Phi) is 7.58. The van der Waals surface area contributed by atoms with Gasteiger partial charge in [-0.05, 0) is 55.0 Å². The summed E-state index contributed by atoms with van der Waals surface area (Å²) in [6, 6.07) is 17.7. The van der Waals surface area contributed by atoms with E-state index in [1.54, 1.807) is 61.7 Å². The number of nitrogens with zero attached hydrogens (tertiary/aromatic N) is 1. The van der Waals surface area contributed by atoms with Gasteiger partial charge in [0.25, 0.3) is 15.9 Å². The summed E-state index contributed by atoms with van der Waals surface area (Å²) in [4.78, 5) is 16.7. The lowest BCUT2D eigenvalue weighted by atomic mass is 10.2. The predicted octanol–water partition coefficient (Wildman–Crippen LogP) is 3.44. The van der Waals surface area contributed by atoms with Crippen molar-refractivity contribution in [3.63, 3.8) is 0 Å². The second-order valence-electron chi connectivity index (χ2n) is 6.50. The van der Waals surface area contributed by atoms with Gasteiger partial charge in [0.1, 0.15) is 11.3 Å². The number of carbonyl (C=O) groups excluding carboxylic acids is 1. The number of aromatic nitrogens is 1. The molecule has 0 radical (unpaired) electrons. The van der Waals surface area contributed by atoms with Crippen molar-refractivity contribution in [1.82, 2.24) is 10.3 Å². The summed E-state index contributed by atoms with van der Waals surface area (Å²) in [5.41, 5.74) is 0.683. The van der Waals surface area contributed by atoms with Gasteiger partial charge in [-0.15, -0.1) is 0 Å². The number of hydrogen-bond donors (Lipinski definition) is 2. The summed E-state index contributed by atoms with van der Waals surface area (Å²) in [6.07, 6.45) is 2.22. The number of methoxy groups -OCH3 is 1. The first-order valence-corrected chi connectivity index (χ1v) is 11.1. The lowest BCUT2D eigenvalue weighted by Crippen LogP contribution is -2.25. The molecule has 1 aromatic heterocycles. The number of sulfonamides is 1. The first kappa shape index (κ1) is 22.3. The Labute approximate surface area is 181 Å². The van der Waals surface area contributed by atoms with E-state index in [2.05, 4.69) is 15.0 Å². The zero-order valence-corrected chi connectivity index (χ0v) is 17.8. The van der Waals surface area contributed by atoms with Crippen LogP contribution in [0.4, 0.5) is 5.69 Å². The third-order valence-electron chi connectivity index (χ3n) is 4.20. The molecule has 3 aromatic rings. The van der Waals surface area contributed by atoms with Crippen LogP contribution >= 0.6 is 0 Å². The van der Waals surface area contributed by atoms with E-state index in [0.717, 1.165) is 0 Å². The fourth-order valence-electron chi connectivity index (χ4n) is 2.67. The number of hydrogen-bond acceptors (Lipinski definition) is 6. The summed E-state index contributed by atoms with van der Waals surface area (Å²) >= 11 is 0. The average Bonchev–Trinajstić information content (AvgIpc) is 2.79. The van der Waals surface area contributed by atoms with Gasteiger partial charge in [0.15, 0.2) is 0 Å². The second kappa shape index (κ2) is 10.6. The molecular weight excluding hydrogens is 418 g/mol. The molecule has 0 aliphatic carbocycles. The number of rotatable bonds is 10. The zero-order valence-electron chi connectivity index (χ0n) is 16.9. The minimum Gasteiger partial charge on any atom is -0.438 e. The highest BCUT2D eigenvalue weighted by Gasteiger charge is 2.15. The highest BCUT2D eigenvalue weighted by molar-refractivity contribution is 7.92. The van der Waals surface area contributed by atoms with Crippen molar-refractivity contribution in [1.29, 1.82) is 0 Å². The molecule has 1 amide bonds. The molecule has 2 aromatic carbocycles. The fourth-order valence-corrected chi connectivity index (χ4v) is 3.75. The largest absolute Gasteiger partial charge is 0.438 e. The van der Waals surface area contributed by atoms with Crippen molar-refractivity contribution in [3.05, 3.63) is 78.5 Å². The number of carbonyl (C=O) groups is 1. The van der Waals surface area contributed by atoms with Crippen LogP contribution in [-0.2, 0) is 14.8 Å².